The second-order valence-electron chi connectivity index (χ2n) is 5.19. The van der Waals surface area contributed by atoms with Gasteiger partial charge in [-0.25, -0.2) is 0 Å². The molecule has 2 fully saturated rings. The maximum Gasteiger partial charge on any atom is 0.313 e. The van der Waals surface area contributed by atoms with Crippen LogP contribution in [0, 0.1) is 17.8 Å². The van der Waals surface area contributed by atoms with Crippen LogP contribution in [0.1, 0.15) is 46.5 Å². The van der Waals surface area contributed by atoms with Gasteiger partial charge in [0.15, 0.2) is 0 Å². The summed E-state index contributed by atoms with van der Waals surface area (Å²) in [5.41, 5.74) is -0.402. The minimum atomic E-state index is -0.402. The highest BCUT2D eigenvalue weighted by atomic mass is 16.6. The molecule has 2 rings (SSSR count). The van der Waals surface area contributed by atoms with E-state index in [0.29, 0.717) is 12.2 Å². The summed E-state index contributed by atoms with van der Waals surface area (Å²) in [6.07, 6.45) is 3.85. The Balaban J connectivity index is 1.88. The van der Waals surface area contributed by atoms with Gasteiger partial charge in [0.1, 0.15) is 11.4 Å². The molecule has 90 valence electrons. The molecular formula is C13H20O3. The van der Waals surface area contributed by atoms with E-state index in [0.717, 1.165) is 19.3 Å². The number of hydrogen-bond acceptors (Lipinski definition) is 3. The van der Waals surface area contributed by atoms with Crippen LogP contribution in [0.4, 0.5) is 0 Å². The molecule has 0 aromatic heterocycles. The first-order chi connectivity index (χ1) is 7.55. The molecule has 2 aliphatic rings. The normalized spacial score (nSPS) is 40.4. The molecule has 3 nitrogen and oxygen atoms in total. The Bertz CT molecular complexity index is 323. The number of carbonyl (C=O) groups is 2. The molecule has 1 saturated carbocycles. The fourth-order valence-electron chi connectivity index (χ4n) is 3.09. The van der Waals surface area contributed by atoms with Gasteiger partial charge in [-0.3, -0.25) is 9.59 Å². The van der Waals surface area contributed by atoms with Gasteiger partial charge in [0.05, 0.1) is 11.8 Å². The van der Waals surface area contributed by atoms with E-state index in [-0.39, 0.29) is 23.7 Å². The lowest BCUT2D eigenvalue weighted by molar-refractivity contribution is -0.193. The Kier molecular flexibility index (Phi) is 2.81. The van der Waals surface area contributed by atoms with Gasteiger partial charge in [-0.2, -0.15) is 0 Å². The summed E-state index contributed by atoms with van der Waals surface area (Å²) in [5, 5.41) is 0. The quantitative estimate of drug-likeness (QED) is 0.531. The van der Waals surface area contributed by atoms with E-state index in [4.69, 9.17) is 4.74 Å². The van der Waals surface area contributed by atoms with Crippen molar-refractivity contribution >= 4 is 11.8 Å². The largest absolute Gasteiger partial charge is 0.457 e. The molecule has 0 bridgehead atoms. The van der Waals surface area contributed by atoms with E-state index in [1.54, 1.807) is 0 Å². The van der Waals surface area contributed by atoms with E-state index < -0.39 is 5.60 Å². The molecule has 0 unspecified atom stereocenters. The highest BCUT2D eigenvalue weighted by molar-refractivity contribution is 5.92. The van der Waals surface area contributed by atoms with Crippen LogP contribution in [0.5, 0.6) is 0 Å². The summed E-state index contributed by atoms with van der Waals surface area (Å²) in [6.45, 7) is 6.02. The lowest BCUT2D eigenvalue weighted by atomic mass is 9.91. The van der Waals surface area contributed by atoms with Gasteiger partial charge in [0, 0.05) is 12.3 Å². The highest BCUT2D eigenvalue weighted by Crippen LogP contribution is 2.63. The smallest absolute Gasteiger partial charge is 0.313 e. The summed E-state index contributed by atoms with van der Waals surface area (Å²) in [4.78, 5) is 23.1. The first-order valence-electron chi connectivity index (χ1n) is 6.31. The van der Waals surface area contributed by atoms with Gasteiger partial charge in [0.25, 0.3) is 0 Å². The third-order valence-corrected chi connectivity index (χ3v) is 4.27. The monoisotopic (exact) mass is 224 g/mol. The number of ether oxygens (including phenoxy) is 1. The van der Waals surface area contributed by atoms with Crippen molar-refractivity contribution in [2.24, 2.45) is 17.8 Å². The van der Waals surface area contributed by atoms with Crippen LogP contribution in [0.15, 0.2) is 0 Å². The molecule has 1 aliphatic carbocycles. The van der Waals surface area contributed by atoms with Gasteiger partial charge in [0.2, 0.25) is 0 Å². The Morgan fingerprint density at radius 2 is 2.06 bits per heavy atom. The van der Waals surface area contributed by atoms with Crippen molar-refractivity contribution < 1.29 is 14.3 Å². The number of esters is 1. The zero-order valence-corrected chi connectivity index (χ0v) is 10.3. The summed E-state index contributed by atoms with van der Waals surface area (Å²) >= 11 is 0. The van der Waals surface area contributed by atoms with Crippen molar-refractivity contribution in [2.45, 2.75) is 52.1 Å². The van der Waals surface area contributed by atoms with Gasteiger partial charge in [-0.15, -0.1) is 0 Å². The molecule has 1 aliphatic heterocycles. The van der Waals surface area contributed by atoms with Crippen LogP contribution in [0.3, 0.4) is 0 Å². The maximum atomic E-state index is 12.0. The fraction of sp³-hybridized carbons (Fsp3) is 0.846. The van der Waals surface area contributed by atoms with Crippen molar-refractivity contribution in [2.75, 3.05) is 0 Å². The van der Waals surface area contributed by atoms with Crippen molar-refractivity contribution in [3.8, 4) is 0 Å². The second-order valence-corrected chi connectivity index (χ2v) is 5.19. The molecule has 0 amide bonds. The Morgan fingerprint density at radius 3 is 2.56 bits per heavy atom. The summed E-state index contributed by atoms with van der Waals surface area (Å²) < 4.78 is 5.24. The maximum absolute atomic E-state index is 12.0. The van der Waals surface area contributed by atoms with Crippen LogP contribution in [0.2, 0.25) is 0 Å². The number of carbonyl (C=O) groups excluding carboxylic acids is 2. The molecule has 1 heterocycles. The zero-order chi connectivity index (χ0) is 11.9. The molecule has 0 radical (unpaired) electrons. The standard InChI is InChI=1S/C13H20O3/c1-4-5-6-7-10(14)11-8(2)13(11)9(3)12(15)16-13/h8-9,11H,4-7H2,1-3H3/t8-,9+,11+,13+/m1/s1. The van der Waals surface area contributed by atoms with E-state index in [1.807, 2.05) is 13.8 Å². The summed E-state index contributed by atoms with van der Waals surface area (Å²) in [5.74, 6) is 0.282. The third kappa shape index (κ3) is 1.40. The SMILES string of the molecule is CCCCCC(=O)[C@@H]1[C@@H](C)[C@@]12OC(=O)[C@@H]2C. The van der Waals surface area contributed by atoms with E-state index >= 15 is 0 Å². The van der Waals surface area contributed by atoms with E-state index in [2.05, 4.69) is 6.92 Å². The molecule has 16 heavy (non-hydrogen) atoms. The average molecular weight is 224 g/mol. The van der Waals surface area contributed by atoms with Crippen LogP contribution >= 0.6 is 0 Å². The topological polar surface area (TPSA) is 43.4 Å². The first-order valence-corrected chi connectivity index (χ1v) is 6.31. The van der Waals surface area contributed by atoms with Gasteiger partial charge in [-0.05, 0) is 13.3 Å². The van der Waals surface area contributed by atoms with Gasteiger partial charge >= 0.3 is 5.97 Å². The minimum Gasteiger partial charge on any atom is -0.457 e. The van der Waals surface area contributed by atoms with Crippen LogP contribution in [-0.2, 0) is 14.3 Å². The highest BCUT2D eigenvalue weighted by Gasteiger charge is 2.77. The number of unbranched alkanes of at least 4 members (excludes halogenated alkanes) is 2. The van der Waals surface area contributed by atoms with Crippen LogP contribution in [-0.4, -0.2) is 17.4 Å². The zero-order valence-electron chi connectivity index (χ0n) is 10.3. The molecule has 0 N–H and O–H groups in total. The van der Waals surface area contributed by atoms with Crippen molar-refractivity contribution in [3.05, 3.63) is 0 Å². The number of ketones is 1. The lowest BCUT2D eigenvalue weighted by Gasteiger charge is -2.34. The number of hydrogen-bond donors (Lipinski definition) is 0. The van der Waals surface area contributed by atoms with Crippen molar-refractivity contribution in [3.63, 3.8) is 0 Å². The molecular weight excluding hydrogens is 204 g/mol. The van der Waals surface area contributed by atoms with Crippen molar-refractivity contribution in [1.29, 1.82) is 0 Å². The lowest BCUT2D eigenvalue weighted by Crippen LogP contribution is -2.48. The number of Topliss-reactive ketones (excluding diaryl/α,β-unsaturated/α-hetero) is 1. The number of rotatable bonds is 5. The van der Waals surface area contributed by atoms with Crippen LogP contribution < -0.4 is 0 Å². The molecule has 0 aromatic carbocycles. The Morgan fingerprint density at radius 1 is 1.38 bits per heavy atom. The predicted octanol–water partition coefficient (Wildman–Crippen LogP) is 2.33. The Hall–Kier alpha value is -0.860. The fourth-order valence-corrected chi connectivity index (χ4v) is 3.09. The van der Waals surface area contributed by atoms with Crippen LogP contribution in [0.25, 0.3) is 0 Å². The Labute approximate surface area is 96.5 Å². The molecule has 1 saturated heterocycles. The predicted molar refractivity (Wildman–Crippen MR) is 59.8 cm³/mol. The van der Waals surface area contributed by atoms with Gasteiger partial charge < -0.3 is 4.74 Å². The third-order valence-electron chi connectivity index (χ3n) is 4.27. The summed E-state index contributed by atoms with van der Waals surface area (Å²) in [7, 11) is 0. The van der Waals surface area contributed by atoms with E-state index in [1.165, 1.54) is 0 Å². The minimum absolute atomic E-state index is 0.0166. The summed E-state index contributed by atoms with van der Waals surface area (Å²) in [6, 6.07) is 0. The van der Waals surface area contributed by atoms with Crippen molar-refractivity contribution in [1.82, 2.24) is 0 Å². The first kappa shape index (κ1) is 11.6. The molecule has 1 spiro atoms. The van der Waals surface area contributed by atoms with E-state index in [9.17, 15) is 9.59 Å². The molecule has 4 atom stereocenters. The molecule has 3 heteroatoms. The molecule has 0 aromatic rings. The van der Waals surface area contributed by atoms with Gasteiger partial charge in [-0.1, -0.05) is 26.7 Å². The average Bonchev–Trinajstić information content (AvgIpc) is 2.87. The second kappa shape index (κ2) is 3.86.